The Morgan fingerprint density at radius 2 is 0.464 bits per heavy atom. The lowest BCUT2D eigenvalue weighted by Crippen LogP contribution is -2.52. The average molecular weight is 867 g/mol. The van der Waals surface area contributed by atoms with E-state index in [1.807, 2.05) is 24.3 Å². The first-order valence-electron chi connectivity index (χ1n) is 23.6. The Balaban J connectivity index is 1.07. The number of rotatable bonds is 0. The first kappa shape index (κ1) is 40.0. The smallest absolute Gasteiger partial charge is 0.116 e. The van der Waals surface area contributed by atoms with Crippen LogP contribution < -0.4 is 0 Å². The number of fused-ring (bicyclic) bond motifs is 6. The largest absolute Gasteiger partial charge is 0.231 e. The summed E-state index contributed by atoms with van der Waals surface area (Å²) in [6, 6.07) is 85.4. The Bertz CT molecular complexity index is 2870. The van der Waals surface area contributed by atoms with Crippen LogP contribution in [0.2, 0.25) is 0 Å². The molecule has 2 aromatic carbocycles. The third-order valence-corrected chi connectivity index (χ3v) is 16.2. The van der Waals surface area contributed by atoms with Crippen LogP contribution in [0.4, 0.5) is 0 Å². The van der Waals surface area contributed by atoms with Gasteiger partial charge in [-0.3, -0.25) is 0 Å². The van der Waals surface area contributed by atoms with E-state index >= 15 is 0 Å². The fourth-order valence-corrected chi connectivity index (χ4v) is 13.4. The van der Waals surface area contributed by atoms with Gasteiger partial charge in [-0.05, 0) is 160 Å². The molecule has 0 aliphatic heterocycles. The summed E-state index contributed by atoms with van der Waals surface area (Å²) in [4.78, 5) is 9.69. The summed E-state index contributed by atoms with van der Waals surface area (Å²) in [6.45, 7) is 0. The molecule has 0 amide bonds. The molecule has 6 atom stereocenters. The van der Waals surface area contributed by atoms with Crippen molar-refractivity contribution in [2.24, 2.45) is 0 Å². The summed E-state index contributed by atoms with van der Waals surface area (Å²) in [7, 11) is 0. The molecule has 312 valence electrons. The number of allylic oxidation sites excluding steroid dienone is 12. The standard InChI is InChI=1S/C67H34N2/c1-7-28-56-57(63-35-14-13-34-62(56,63)40-19-41-63)29-8-2-23-51-48-54-26-5-11-32-60-58(64-36-15-17-38-66(60,64)44-20-42-64)30-9-3-24-52-46-50(22-1)47-53(68-52)25-4-10-31-59-61(33-12-6-27-55(49-51)69-54)67-39-18-16-37-65(59,67)43-21-45-67/h13-18,34-39,46-49H,19-21,40-45H2. The van der Waals surface area contributed by atoms with Crippen molar-refractivity contribution in [2.75, 3.05) is 0 Å². The van der Waals surface area contributed by atoms with E-state index in [9.17, 15) is 0 Å². The lowest BCUT2D eigenvalue weighted by molar-refractivity contribution is 0.317. The van der Waals surface area contributed by atoms with Gasteiger partial charge in [0.25, 0.3) is 0 Å². The Hall–Kier alpha value is -9.32. The second-order valence-corrected chi connectivity index (χ2v) is 19.0. The molecule has 0 spiro atoms. The minimum atomic E-state index is -0.205. The zero-order chi connectivity index (χ0) is 46.0. The van der Waals surface area contributed by atoms with Crippen LogP contribution in [-0.2, 0) is 32.5 Å². The zero-order valence-corrected chi connectivity index (χ0v) is 37.5. The Labute approximate surface area is 407 Å². The fraction of sp³-hybridized carbons (Fsp3) is 0.224. The van der Waals surface area contributed by atoms with E-state index < -0.39 is 0 Å². The van der Waals surface area contributed by atoms with Crippen LogP contribution in [-0.4, -0.2) is 9.97 Å². The molecule has 3 saturated carbocycles. The molecule has 6 unspecified atom stereocenters. The highest BCUT2D eigenvalue weighted by molar-refractivity contribution is 5.70. The van der Waals surface area contributed by atoms with Gasteiger partial charge in [-0.1, -0.05) is 141 Å². The summed E-state index contributed by atoms with van der Waals surface area (Å²) in [5.74, 6) is 0. The number of pyridine rings is 2. The molecule has 3 fully saturated rings. The molecule has 3 aromatic heterocycles. The molecule has 0 radical (unpaired) electrons. The van der Waals surface area contributed by atoms with Gasteiger partial charge in [-0.15, -0.1) is 0 Å². The van der Waals surface area contributed by atoms with Gasteiger partial charge in [-0.25, -0.2) is 9.97 Å². The Morgan fingerprint density at radius 3 is 0.696 bits per heavy atom. The van der Waals surface area contributed by atoms with Crippen molar-refractivity contribution in [1.82, 2.24) is 9.97 Å². The van der Waals surface area contributed by atoms with Crippen molar-refractivity contribution in [3.8, 4) is 0 Å². The van der Waals surface area contributed by atoms with Crippen molar-refractivity contribution in [3.63, 3.8) is 0 Å². The molecule has 2 nitrogen and oxygen atoms in total. The number of hydrogen-bond acceptors (Lipinski definition) is 2. The van der Waals surface area contributed by atoms with E-state index in [2.05, 4.69) is 219 Å². The van der Waals surface area contributed by atoms with Crippen LogP contribution in [0.3, 0.4) is 0 Å². The minimum Gasteiger partial charge on any atom is -0.231 e. The molecule has 3 heterocycles. The molecule has 0 N–H and O–H groups in total. The van der Waals surface area contributed by atoms with Gasteiger partial charge in [0.1, 0.15) is 22.1 Å². The van der Waals surface area contributed by atoms with E-state index in [4.69, 9.17) is 9.97 Å². The summed E-state index contributed by atoms with van der Waals surface area (Å²) >= 11 is 0. The topological polar surface area (TPSA) is 25.8 Å². The van der Waals surface area contributed by atoms with Gasteiger partial charge in [-0.2, -0.15) is 0 Å². The molecule has 9 aliphatic carbocycles. The molecule has 9 aliphatic rings. The van der Waals surface area contributed by atoms with Crippen LogP contribution >= 0.6 is 0 Å². The van der Waals surface area contributed by atoms with Gasteiger partial charge < -0.3 is 0 Å². The fourth-order valence-electron chi connectivity index (χ4n) is 13.4. The minimum absolute atomic E-state index is 0.195. The highest BCUT2D eigenvalue weighted by Gasteiger charge is 2.66. The average Bonchev–Trinajstić information content (AvgIpc) is 4.02. The van der Waals surface area contributed by atoms with Gasteiger partial charge in [0.05, 0.1) is 0 Å². The maximum absolute atomic E-state index is 4.84. The van der Waals surface area contributed by atoms with E-state index in [1.54, 1.807) is 0 Å². The summed E-state index contributed by atoms with van der Waals surface area (Å²) in [5, 5.41) is 1.38. The molecule has 14 rings (SSSR count). The number of nitrogens with zero attached hydrogens (tertiary/aromatic N) is 2. The molecule has 0 saturated heterocycles. The van der Waals surface area contributed by atoms with E-state index in [0.29, 0.717) is 32.8 Å². The lowest BCUT2D eigenvalue weighted by atomic mass is 9.47. The second kappa shape index (κ2) is 15.1. The monoisotopic (exact) mass is 866 g/mol. The maximum atomic E-state index is 4.84. The maximum Gasteiger partial charge on any atom is 0.116 e. The van der Waals surface area contributed by atoms with E-state index in [0.717, 1.165) is 91.2 Å². The molecule has 6 bridgehead atoms. The number of hydrogen-bond donors (Lipinski definition) is 0. The molecule has 2 heteroatoms. The van der Waals surface area contributed by atoms with E-state index in [-0.39, 0.29) is 32.5 Å². The van der Waals surface area contributed by atoms with E-state index in [1.165, 1.54) is 0 Å². The van der Waals surface area contributed by atoms with Gasteiger partial charge in [0, 0.05) is 76.6 Å². The third-order valence-electron chi connectivity index (χ3n) is 16.2. The number of aromatic nitrogens is 2. The van der Waals surface area contributed by atoms with Crippen molar-refractivity contribution >= 4 is 32.8 Å². The second-order valence-electron chi connectivity index (χ2n) is 19.0. The first-order valence-corrected chi connectivity index (χ1v) is 23.6. The summed E-state index contributed by atoms with van der Waals surface area (Å²) in [6.07, 6.45) is 35.8. The van der Waals surface area contributed by atoms with Crippen LogP contribution in [0.15, 0.2) is 97.2 Å². The van der Waals surface area contributed by atoms with Crippen LogP contribution in [0.25, 0.3) is 32.8 Å². The van der Waals surface area contributed by atoms with Crippen molar-refractivity contribution in [2.45, 2.75) is 90.3 Å². The Kier molecular flexibility index (Phi) is 8.76. The zero-order valence-electron chi connectivity index (χ0n) is 37.5. The predicted octanol–water partition coefficient (Wildman–Crippen LogP) is 11.3. The Morgan fingerprint density at radius 1 is 0.261 bits per heavy atom. The van der Waals surface area contributed by atoms with Crippen molar-refractivity contribution in [1.29, 1.82) is 0 Å². The first-order chi connectivity index (χ1) is 34.0. The molecule has 69 heavy (non-hydrogen) atoms. The molecular formula is C67H34N2. The van der Waals surface area contributed by atoms with Crippen LogP contribution in [0.1, 0.15) is 91.2 Å². The van der Waals surface area contributed by atoms with Gasteiger partial charge >= 0.3 is 0 Å². The van der Waals surface area contributed by atoms with Crippen molar-refractivity contribution < 1.29 is 0 Å². The molecule has 5 aromatic rings. The van der Waals surface area contributed by atoms with Crippen LogP contribution in [0.5, 0.6) is 0 Å². The van der Waals surface area contributed by atoms with Gasteiger partial charge in [0.2, 0.25) is 0 Å². The predicted molar refractivity (Wildman–Crippen MR) is 259 cm³/mol. The summed E-state index contributed by atoms with van der Waals surface area (Å²) < 4.78 is 0. The lowest BCUT2D eigenvalue weighted by Gasteiger charge is -2.53. The molecular weight excluding hydrogens is 833 g/mol. The van der Waals surface area contributed by atoms with Crippen molar-refractivity contribution in [3.05, 3.63) is 276 Å². The SMILES string of the molecule is c1c#cc2cc3c#cc#cc4c(c#cc#cc5cc(c#cc#cc6c(c#1)C17C=CC=CC61CCC7)cc(c#cc#cc1c(c#cc#cc(c2)n3)C23C=CC=CC12CCC3)n5)C12C=CC=CC41CCC2. The quantitative estimate of drug-likeness (QED) is 0.176. The summed E-state index contributed by atoms with van der Waals surface area (Å²) in [5.41, 5.74) is 6.80. The third kappa shape index (κ3) is 5.65. The highest BCUT2D eigenvalue weighted by Crippen LogP contribution is 2.68. The van der Waals surface area contributed by atoms with Crippen LogP contribution in [0, 0.1) is 146 Å². The normalized spacial score (nSPS) is 27.8. The highest BCUT2D eigenvalue weighted by atomic mass is 14.7. The van der Waals surface area contributed by atoms with Gasteiger partial charge in [0.15, 0.2) is 0 Å².